The lowest BCUT2D eigenvalue weighted by molar-refractivity contribution is -0.432. The van der Waals surface area contributed by atoms with Gasteiger partial charge in [0.15, 0.2) is 9.84 Å². The van der Waals surface area contributed by atoms with Gasteiger partial charge in [0.25, 0.3) is 0 Å². The van der Waals surface area contributed by atoms with Gasteiger partial charge in [0.2, 0.25) is 0 Å². The number of azo groups is 1. The zero-order chi connectivity index (χ0) is 24.9. The highest BCUT2D eigenvalue weighted by Crippen LogP contribution is 2.41. The molecule has 0 aliphatic heterocycles. The van der Waals surface area contributed by atoms with Gasteiger partial charge < -0.3 is 10.8 Å². The Morgan fingerprint density at radius 1 is 1.00 bits per heavy atom. The molecule has 0 saturated heterocycles. The van der Waals surface area contributed by atoms with Gasteiger partial charge >= 0.3 is 10.4 Å². The van der Waals surface area contributed by atoms with Crippen molar-refractivity contribution in [2.45, 2.75) is 9.79 Å². The van der Waals surface area contributed by atoms with Gasteiger partial charge in [-0.3, -0.25) is 4.55 Å². The lowest BCUT2D eigenvalue weighted by Gasteiger charge is -2.09. The van der Waals surface area contributed by atoms with Crippen LogP contribution in [0.1, 0.15) is 0 Å². The molecule has 0 saturated carbocycles. The van der Waals surface area contributed by atoms with Crippen LogP contribution in [0.15, 0.2) is 68.6 Å². The molecule has 13 nitrogen and oxygen atoms in total. The summed E-state index contributed by atoms with van der Waals surface area (Å²) in [6, 6.07) is 11.4. The summed E-state index contributed by atoms with van der Waals surface area (Å²) in [6.45, 7) is -0.744. The summed E-state index contributed by atoms with van der Waals surface area (Å²) >= 11 is 0.662. The number of nitrogen functional groups attached to an aromatic ring is 1. The molecule has 0 unspecified atom stereocenters. The van der Waals surface area contributed by atoms with E-state index in [0.29, 0.717) is 27.7 Å². The Bertz CT molecular complexity index is 1430. The number of fused-ring (bicyclic) bond motifs is 1. The summed E-state index contributed by atoms with van der Waals surface area (Å²) < 4.78 is 62.5. The Kier molecular flexibility index (Phi) is 8.05. The number of sulfone groups is 1. The average Bonchev–Trinajstić information content (AvgIpc) is 2.76. The Morgan fingerprint density at radius 2 is 1.71 bits per heavy atom. The first-order valence-electron chi connectivity index (χ1n) is 9.06. The van der Waals surface area contributed by atoms with E-state index in [1.54, 1.807) is 18.2 Å². The second-order valence-corrected chi connectivity index (χ2v) is 10.5. The highest BCUT2D eigenvalue weighted by atomic mass is 32.3. The SMILES string of the molecule is Nc1ccc2cc(SOOO)cc(O)c2c1/N=N/c1ccc(S(=O)(=O)CCOS(=O)(=O)O)cc1. The van der Waals surface area contributed by atoms with E-state index in [1.807, 2.05) is 0 Å². The fourth-order valence-corrected chi connectivity index (χ4v) is 4.75. The third-order valence-electron chi connectivity index (χ3n) is 4.28. The Balaban J connectivity index is 1.84. The Hall–Kier alpha value is -2.83. The van der Waals surface area contributed by atoms with E-state index in [9.17, 15) is 21.9 Å². The van der Waals surface area contributed by atoms with Crippen molar-refractivity contribution < 1.29 is 45.3 Å². The summed E-state index contributed by atoms with van der Waals surface area (Å²) in [5, 5.41) is 31.2. The van der Waals surface area contributed by atoms with Crippen LogP contribution < -0.4 is 5.73 Å². The van der Waals surface area contributed by atoms with Crippen LogP contribution in [0.2, 0.25) is 0 Å². The van der Waals surface area contributed by atoms with Crippen LogP contribution in [0.4, 0.5) is 17.1 Å². The Morgan fingerprint density at radius 3 is 2.35 bits per heavy atom. The van der Waals surface area contributed by atoms with Gasteiger partial charge in [0.1, 0.15) is 11.4 Å². The van der Waals surface area contributed by atoms with Crippen molar-refractivity contribution in [2.24, 2.45) is 10.2 Å². The van der Waals surface area contributed by atoms with Gasteiger partial charge in [-0.2, -0.15) is 13.5 Å². The highest BCUT2D eigenvalue weighted by molar-refractivity contribution is 7.94. The largest absolute Gasteiger partial charge is 0.507 e. The van der Waals surface area contributed by atoms with E-state index in [0.717, 1.165) is 0 Å². The van der Waals surface area contributed by atoms with Crippen molar-refractivity contribution in [1.82, 2.24) is 0 Å². The van der Waals surface area contributed by atoms with Crippen LogP contribution >= 0.6 is 12.0 Å². The number of aromatic hydroxyl groups is 1. The van der Waals surface area contributed by atoms with Gasteiger partial charge in [0.05, 0.1) is 46.1 Å². The molecule has 182 valence electrons. The smallest absolute Gasteiger partial charge is 0.397 e. The second-order valence-electron chi connectivity index (χ2n) is 6.53. The van der Waals surface area contributed by atoms with E-state index >= 15 is 0 Å². The number of phenolic OH excluding ortho intramolecular Hbond substituents is 1. The third-order valence-corrected chi connectivity index (χ3v) is 7.00. The lowest BCUT2D eigenvalue weighted by atomic mass is 10.1. The molecular formula is C18H17N3O10S3. The number of rotatable bonds is 10. The molecule has 0 amide bonds. The minimum Gasteiger partial charge on any atom is -0.507 e. The quantitative estimate of drug-likeness (QED) is 0.0739. The molecule has 3 aromatic rings. The predicted molar refractivity (Wildman–Crippen MR) is 121 cm³/mol. The molecule has 0 aliphatic rings. The summed E-state index contributed by atoms with van der Waals surface area (Å²) in [6.07, 6.45) is 0. The van der Waals surface area contributed by atoms with E-state index in [4.69, 9.17) is 15.5 Å². The van der Waals surface area contributed by atoms with Crippen molar-refractivity contribution in [1.29, 1.82) is 0 Å². The van der Waals surface area contributed by atoms with Crippen LogP contribution in [0.3, 0.4) is 0 Å². The first kappa shape index (κ1) is 25.8. The first-order valence-corrected chi connectivity index (χ1v) is 12.8. The standard InChI is InChI=1S/C18H17N3O10S3/c19-15-6-1-11-9-13(32-31-30-23)10-16(22)17(11)18(15)21-20-12-2-4-14(5-3-12)33(24,25)8-7-29-34(26,27)28/h1-6,9-10,22-23H,7-8,19H2,(H,26,27,28)/b21-20+. The number of benzene rings is 3. The predicted octanol–water partition coefficient (Wildman–Crippen LogP) is 3.56. The highest BCUT2D eigenvalue weighted by Gasteiger charge is 2.17. The molecule has 5 N–H and O–H groups in total. The maximum absolute atomic E-state index is 12.2. The van der Waals surface area contributed by atoms with E-state index in [2.05, 4.69) is 23.8 Å². The molecule has 34 heavy (non-hydrogen) atoms. The zero-order valence-corrected chi connectivity index (χ0v) is 19.4. The van der Waals surface area contributed by atoms with Gasteiger partial charge in [-0.1, -0.05) is 11.1 Å². The van der Waals surface area contributed by atoms with Crippen LogP contribution in [0.25, 0.3) is 10.8 Å². The molecule has 0 aliphatic carbocycles. The second kappa shape index (κ2) is 10.6. The van der Waals surface area contributed by atoms with Gasteiger partial charge in [-0.25, -0.2) is 17.9 Å². The van der Waals surface area contributed by atoms with Crippen LogP contribution in [-0.2, 0) is 33.8 Å². The van der Waals surface area contributed by atoms with E-state index < -0.39 is 32.6 Å². The fourth-order valence-electron chi connectivity index (χ4n) is 2.82. The molecule has 0 spiro atoms. The number of nitrogens with two attached hydrogens (primary N) is 1. The third kappa shape index (κ3) is 6.61. The normalized spacial score (nSPS) is 12.5. The van der Waals surface area contributed by atoms with Crippen LogP contribution in [-0.4, -0.2) is 44.1 Å². The number of nitrogens with zero attached hydrogens (tertiary/aromatic N) is 2. The number of hydrogen-bond acceptors (Lipinski definition) is 13. The van der Waals surface area contributed by atoms with E-state index in [-0.39, 0.29) is 27.7 Å². The lowest BCUT2D eigenvalue weighted by Crippen LogP contribution is -2.15. The van der Waals surface area contributed by atoms with Gasteiger partial charge in [-0.15, -0.1) is 9.45 Å². The molecule has 0 heterocycles. The molecule has 0 atom stereocenters. The van der Waals surface area contributed by atoms with Crippen LogP contribution in [0, 0.1) is 0 Å². The summed E-state index contributed by atoms with van der Waals surface area (Å²) in [7, 11) is -8.62. The van der Waals surface area contributed by atoms with Crippen molar-refractivity contribution in [3.05, 3.63) is 48.5 Å². The maximum Gasteiger partial charge on any atom is 0.397 e. The van der Waals surface area contributed by atoms with Crippen LogP contribution in [0.5, 0.6) is 5.75 Å². The summed E-state index contributed by atoms with van der Waals surface area (Å²) in [4.78, 5) is 0.303. The molecule has 3 aromatic carbocycles. The minimum atomic E-state index is -4.74. The first-order chi connectivity index (χ1) is 16.0. The Labute approximate surface area is 197 Å². The number of anilines is 1. The average molecular weight is 532 g/mol. The van der Waals surface area contributed by atoms with Gasteiger partial charge in [0, 0.05) is 4.90 Å². The minimum absolute atomic E-state index is 0.119. The zero-order valence-electron chi connectivity index (χ0n) is 16.9. The number of phenols is 1. The molecule has 16 heteroatoms. The fraction of sp³-hybridized carbons (Fsp3) is 0.111. The van der Waals surface area contributed by atoms with Crippen molar-refractivity contribution in [3.63, 3.8) is 0 Å². The number of hydrogen-bond donors (Lipinski definition) is 4. The molecule has 0 fully saturated rings. The topological polar surface area (TPSA) is 207 Å². The molecule has 0 aromatic heterocycles. The molecule has 0 bridgehead atoms. The maximum atomic E-state index is 12.2. The van der Waals surface area contributed by atoms with Crippen molar-refractivity contribution in [2.75, 3.05) is 18.1 Å². The van der Waals surface area contributed by atoms with Crippen molar-refractivity contribution in [3.8, 4) is 5.75 Å². The summed E-state index contributed by atoms with van der Waals surface area (Å²) in [5.74, 6) is -0.855. The van der Waals surface area contributed by atoms with Crippen molar-refractivity contribution >= 4 is 60.1 Å². The monoisotopic (exact) mass is 531 g/mol. The molecular weight excluding hydrogens is 514 g/mol. The summed E-state index contributed by atoms with van der Waals surface area (Å²) in [5.41, 5.74) is 6.66. The van der Waals surface area contributed by atoms with E-state index in [1.165, 1.54) is 30.3 Å². The molecule has 3 rings (SSSR count). The van der Waals surface area contributed by atoms with Gasteiger partial charge in [-0.05, 0) is 47.9 Å². The molecule has 0 radical (unpaired) electrons.